The topological polar surface area (TPSA) is 67.2 Å². The molecule has 0 saturated carbocycles. The van der Waals surface area contributed by atoms with Crippen LogP contribution in [0.4, 0.5) is 17.1 Å². The van der Waals surface area contributed by atoms with E-state index in [1.54, 1.807) is 43.3 Å². The summed E-state index contributed by atoms with van der Waals surface area (Å²) in [5, 5.41) is 17.7. The van der Waals surface area contributed by atoms with Gasteiger partial charge < -0.3 is 10.6 Å². The summed E-state index contributed by atoms with van der Waals surface area (Å²) < 4.78 is 0. The highest BCUT2D eigenvalue weighted by molar-refractivity contribution is 7.80. The van der Waals surface area contributed by atoms with E-state index >= 15 is 0 Å². The van der Waals surface area contributed by atoms with Crippen LogP contribution in [0.25, 0.3) is 0 Å². The minimum atomic E-state index is -0.444. The summed E-state index contributed by atoms with van der Waals surface area (Å²) in [6.07, 6.45) is 0. The fraction of sp³-hybridized carbons (Fsp3) is 0.0714. The standard InChI is InChI=1S/C14H12ClN3O2S/c1-9-3-2-4-12(18(19)20)13(9)17-14(21)16-11-7-5-10(15)6-8-11/h2-8H,1H3,(H2,16,17,21). The zero-order valence-electron chi connectivity index (χ0n) is 11.1. The van der Waals surface area contributed by atoms with Crippen LogP contribution >= 0.6 is 23.8 Å². The van der Waals surface area contributed by atoms with E-state index in [1.165, 1.54) is 6.07 Å². The second-order valence-corrected chi connectivity index (χ2v) is 5.16. The molecule has 0 fully saturated rings. The highest BCUT2D eigenvalue weighted by Gasteiger charge is 2.16. The van der Waals surface area contributed by atoms with E-state index in [9.17, 15) is 10.1 Å². The maximum absolute atomic E-state index is 11.0. The largest absolute Gasteiger partial charge is 0.332 e. The quantitative estimate of drug-likeness (QED) is 0.499. The Kier molecular flexibility index (Phi) is 4.72. The third kappa shape index (κ3) is 3.90. The lowest BCUT2D eigenvalue weighted by atomic mass is 10.1. The van der Waals surface area contributed by atoms with Gasteiger partial charge in [0.25, 0.3) is 5.69 Å². The maximum atomic E-state index is 11.0. The predicted octanol–water partition coefficient (Wildman–Crippen LogP) is 4.37. The highest BCUT2D eigenvalue weighted by Crippen LogP contribution is 2.27. The number of halogens is 1. The average Bonchev–Trinajstić information content (AvgIpc) is 2.43. The van der Waals surface area contributed by atoms with E-state index in [0.29, 0.717) is 10.7 Å². The second kappa shape index (κ2) is 6.51. The summed E-state index contributed by atoms with van der Waals surface area (Å²) in [5.74, 6) is 0. The van der Waals surface area contributed by atoms with E-state index in [1.807, 2.05) is 0 Å². The molecule has 0 heterocycles. The monoisotopic (exact) mass is 321 g/mol. The number of aryl methyl sites for hydroxylation is 1. The number of hydrogen-bond acceptors (Lipinski definition) is 3. The Bertz CT molecular complexity index is 689. The van der Waals surface area contributed by atoms with Gasteiger partial charge in [0, 0.05) is 16.8 Å². The molecule has 0 spiro atoms. The molecule has 0 amide bonds. The van der Waals surface area contributed by atoms with Gasteiger partial charge in [-0.1, -0.05) is 23.7 Å². The SMILES string of the molecule is Cc1cccc([N+](=O)[O-])c1NC(=S)Nc1ccc(Cl)cc1. The van der Waals surface area contributed by atoms with Crippen molar-refractivity contribution in [3.05, 3.63) is 63.2 Å². The van der Waals surface area contributed by atoms with Crippen LogP contribution in [-0.2, 0) is 0 Å². The normalized spacial score (nSPS) is 10.0. The van der Waals surface area contributed by atoms with Gasteiger partial charge in [-0.05, 0) is 49.0 Å². The number of anilines is 2. The van der Waals surface area contributed by atoms with Crippen LogP contribution in [0.1, 0.15) is 5.56 Å². The molecule has 0 saturated heterocycles. The fourth-order valence-corrected chi connectivity index (χ4v) is 2.12. The summed E-state index contributed by atoms with van der Waals surface area (Å²) in [6, 6.07) is 11.8. The molecule has 2 aromatic rings. The maximum Gasteiger partial charge on any atom is 0.293 e. The number of nitrogens with one attached hydrogen (secondary N) is 2. The summed E-state index contributed by atoms with van der Waals surface area (Å²) in [5.41, 5.74) is 1.85. The third-order valence-electron chi connectivity index (χ3n) is 2.79. The van der Waals surface area contributed by atoms with E-state index in [-0.39, 0.29) is 10.8 Å². The van der Waals surface area contributed by atoms with Gasteiger partial charge in [-0.2, -0.15) is 0 Å². The van der Waals surface area contributed by atoms with Gasteiger partial charge in [0.1, 0.15) is 5.69 Å². The molecule has 2 aromatic carbocycles. The van der Waals surface area contributed by atoms with Gasteiger partial charge in [-0.3, -0.25) is 10.1 Å². The number of benzene rings is 2. The van der Waals surface area contributed by atoms with Crippen molar-refractivity contribution in [3.63, 3.8) is 0 Å². The van der Waals surface area contributed by atoms with E-state index in [2.05, 4.69) is 10.6 Å². The number of hydrogen-bond donors (Lipinski definition) is 2. The summed E-state index contributed by atoms with van der Waals surface area (Å²) >= 11 is 11.0. The van der Waals surface area contributed by atoms with Crippen LogP contribution < -0.4 is 10.6 Å². The van der Waals surface area contributed by atoms with Crippen molar-refractivity contribution in [2.75, 3.05) is 10.6 Å². The molecule has 2 rings (SSSR count). The van der Waals surface area contributed by atoms with Crippen molar-refractivity contribution in [1.82, 2.24) is 0 Å². The van der Waals surface area contributed by atoms with Gasteiger partial charge in [-0.15, -0.1) is 0 Å². The Balaban J connectivity index is 2.16. The van der Waals surface area contributed by atoms with E-state index in [4.69, 9.17) is 23.8 Å². The number of thiocarbonyl (C=S) groups is 1. The Morgan fingerprint density at radius 3 is 2.48 bits per heavy atom. The number of nitrogens with zero attached hydrogens (tertiary/aromatic N) is 1. The van der Waals surface area contributed by atoms with Crippen LogP contribution in [-0.4, -0.2) is 10.0 Å². The predicted molar refractivity (Wildman–Crippen MR) is 89.1 cm³/mol. The Labute approximate surface area is 132 Å². The molecule has 2 N–H and O–H groups in total. The van der Waals surface area contributed by atoms with Gasteiger partial charge in [0.05, 0.1) is 4.92 Å². The van der Waals surface area contributed by atoms with Gasteiger partial charge in [0.15, 0.2) is 5.11 Å². The first kappa shape index (κ1) is 15.2. The van der Waals surface area contributed by atoms with E-state index < -0.39 is 4.92 Å². The molecule has 0 atom stereocenters. The van der Waals surface area contributed by atoms with Crippen molar-refractivity contribution < 1.29 is 4.92 Å². The van der Waals surface area contributed by atoms with Crippen LogP contribution in [0, 0.1) is 17.0 Å². The van der Waals surface area contributed by atoms with Crippen LogP contribution in [0.3, 0.4) is 0 Å². The number of rotatable bonds is 3. The summed E-state index contributed by atoms with van der Waals surface area (Å²) in [7, 11) is 0. The zero-order chi connectivity index (χ0) is 15.4. The first-order valence-electron chi connectivity index (χ1n) is 6.05. The van der Waals surface area contributed by atoms with Crippen LogP contribution in [0.15, 0.2) is 42.5 Å². The minimum Gasteiger partial charge on any atom is -0.332 e. The second-order valence-electron chi connectivity index (χ2n) is 4.31. The van der Waals surface area contributed by atoms with Crippen molar-refractivity contribution in [1.29, 1.82) is 0 Å². The molecule has 5 nitrogen and oxygen atoms in total. The molecular weight excluding hydrogens is 310 g/mol. The number of para-hydroxylation sites is 1. The van der Waals surface area contributed by atoms with E-state index in [0.717, 1.165) is 11.3 Å². The Morgan fingerprint density at radius 2 is 1.86 bits per heavy atom. The molecule has 0 aliphatic heterocycles. The number of nitro benzene ring substituents is 1. The molecule has 21 heavy (non-hydrogen) atoms. The van der Waals surface area contributed by atoms with Crippen LogP contribution in [0.2, 0.25) is 5.02 Å². The molecule has 7 heteroatoms. The lowest BCUT2D eigenvalue weighted by Crippen LogP contribution is -2.20. The third-order valence-corrected chi connectivity index (χ3v) is 3.24. The number of nitro groups is 1. The average molecular weight is 322 g/mol. The minimum absolute atomic E-state index is 0.0183. The molecule has 0 aromatic heterocycles. The summed E-state index contributed by atoms with van der Waals surface area (Å²) in [6.45, 7) is 1.78. The molecule has 0 aliphatic rings. The lowest BCUT2D eigenvalue weighted by molar-refractivity contribution is -0.383. The summed E-state index contributed by atoms with van der Waals surface area (Å²) in [4.78, 5) is 10.6. The molecular formula is C14H12ClN3O2S. The van der Waals surface area contributed by atoms with Crippen molar-refractivity contribution in [3.8, 4) is 0 Å². The van der Waals surface area contributed by atoms with Gasteiger partial charge in [0.2, 0.25) is 0 Å². The molecule has 0 aliphatic carbocycles. The van der Waals surface area contributed by atoms with Crippen molar-refractivity contribution in [2.45, 2.75) is 6.92 Å². The van der Waals surface area contributed by atoms with Crippen molar-refractivity contribution in [2.24, 2.45) is 0 Å². The Morgan fingerprint density at radius 1 is 1.19 bits per heavy atom. The zero-order valence-corrected chi connectivity index (χ0v) is 12.7. The van der Waals surface area contributed by atoms with Gasteiger partial charge in [-0.25, -0.2) is 0 Å². The molecule has 108 valence electrons. The Hall–Kier alpha value is -2.18. The first-order chi connectivity index (χ1) is 9.97. The molecule has 0 bridgehead atoms. The van der Waals surface area contributed by atoms with Gasteiger partial charge >= 0.3 is 0 Å². The first-order valence-corrected chi connectivity index (χ1v) is 6.83. The molecule has 0 unspecified atom stereocenters. The van der Waals surface area contributed by atoms with Crippen LogP contribution in [0.5, 0.6) is 0 Å². The van der Waals surface area contributed by atoms with Crippen molar-refractivity contribution >= 4 is 46.0 Å². The highest BCUT2D eigenvalue weighted by atomic mass is 35.5. The fourth-order valence-electron chi connectivity index (χ4n) is 1.78. The smallest absolute Gasteiger partial charge is 0.293 e. The lowest BCUT2D eigenvalue weighted by Gasteiger charge is -2.12. The molecule has 0 radical (unpaired) electrons.